The Labute approximate surface area is 108 Å². The van der Waals surface area contributed by atoms with Crippen molar-refractivity contribution in [2.45, 2.75) is 26.2 Å². The summed E-state index contributed by atoms with van der Waals surface area (Å²) in [6, 6.07) is 7.93. The summed E-state index contributed by atoms with van der Waals surface area (Å²) in [7, 11) is 1.66. The molecule has 3 heteroatoms. The second-order valence-electron chi connectivity index (χ2n) is 4.11. The molecule has 0 N–H and O–H groups in total. The van der Waals surface area contributed by atoms with Crippen LogP contribution in [0.2, 0.25) is 0 Å². The van der Waals surface area contributed by atoms with Crippen molar-refractivity contribution in [2.75, 3.05) is 7.11 Å². The number of allylic oxidation sites excluding steroid dienone is 2. The topological polar surface area (TPSA) is 26.3 Å². The van der Waals surface area contributed by atoms with Gasteiger partial charge in [-0.05, 0) is 48.6 Å². The first kappa shape index (κ1) is 13.8. The standard InChI is InChI=1S/C14H16O2.ClH/c1-10-13(7-4-8-14(10)15)11-5-3-6-12(9-11)16-2;/h3,5-6,9H,4,7-8H2,1-2H3;1H. The van der Waals surface area contributed by atoms with Gasteiger partial charge in [-0.25, -0.2) is 0 Å². The first-order chi connectivity index (χ1) is 7.72. The second kappa shape index (κ2) is 5.87. The van der Waals surface area contributed by atoms with Gasteiger partial charge in [0.25, 0.3) is 0 Å². The highest BCUT2D eigenvalue weighted by atomic mass is 35.5. The van der Waals surface area contributed by atoms with Crippen molar-refractivity contribution < 1.29 is 9.53 Å². The number of ketones is 1. The molecule has 1 aliphatic rings. The molecular formula is C14H17ClO2. The number of ether oxygens (including phenoxy) is 1. The van der Waals surface area contributed by atoms with Crippen molar-refractivity contribution in [1.29, 1.82) is 0 Å². The maximum atomic E-state index is 11.6. The largest absolute Gasteiger partial charge is 0.497 e. The van der Waals surface area contributed by atoms with Crippen LogP contribution in [0.3, 0.4) is 0 Å². The summed E-state index contributed by atoms with van der Waals surface area (Å²) in [5, 5.41) is 0. The predicted octanol–water partition coefficient (Wildman–Crippen LogP) is 3.64. The summed E-state index contributed by atoms with van der Waals surface area (Å²) in [6.45, 7) is 1.93. The molecule has 0 unspecified atom stereocenters. The van der Waals surface area contributed by atoms with Gasteiger partial charge in [0.15, 0.2) is 5.78 Å². The lowest BCUT2D eigenvalue weighted by atomic mass is 9.87. The van der Waals surface area contributed by atoms with Crippen LogP contribution < -0.4 is 4.74 Å². The molecule has 0 aliphatic heterocycles. The van der Waals surface area contributed by atoms with Crippen molar-refractivity contribution in [2.24, 2.45) is 0 Å². The lowest BCUT2D eigenvalue weighted by molar-refractivity contribution is -0.115. The Morgan fingerprint density at radius 1 is 1.24 bits per heavy atom. The number of carbonyl (C=O) groups excluding carboxylic acids is 1. The quantitative estimate of drug-likeness (QED) is 0.803. The Bertz CT molecular complexity index is 449. The molecule has 17 heavy (non-hydrogen) atoms. The zero-order chi connectivity index (χ0) is 11.5. The molecule has 0 aromatic heterocycles. The lowest BCUT2D eigenvalue weighted by Gasteiger charge is -2.17. The number of rotatable bonds is 2. The summed E-state index contributed by atoms with van der Waals surface area (Å²) in [6.07, 6.45) is 2.65. The fraction of sp³-hybridized carbons (Fsp3) is 0.357. The molecule has 0 fully saturated rings. The second-order valence-corrected chi connectivity index (χ2v) is 4.11. The van der Waals surface area contributed by atoms with E-state index < -0.39 is 0 Å². The normalized spacial score (nSPS) is 15.5. The fourth-order valence-corrected chi connectivity index (χ4v) is 2.14. The SMILES string of the molecule is COc1cccc(C2=C(C)C(=O)CCC2)c1.Cl. The Hall–Kier alpha value is -1.28. The van der Waals surface area contributed by atoms with Crippen LogP contribution in [0.25, 0.3) is 5.57 Å². The molecule has 0 amide bonds. The van der Waals surface area contributed by atoms with Crippen LogP contribution in [0.1, 0.15) is 31.7 Å². The molecule has 1 aliphatic carbocycles. The number of halogens is 1. The monoisotopic (exact) mass is 252 g/mol. The molecule has 0 radical (unpaired) electrons. The smallest absolute Gasteiger partial charge is 0.158 e. The molecule has 2 rings (SSSR count). The van der Waals surface area contributed by atoms with Gasteiger partial charge in [0.2, 0.25) is 0 Å². The first-order valence-corrected chi connectivity index (χ1v) is 5.59. The van der Waals surface area contributed by atoms with E-state index in [0.717, 1.165) is 29.7 Å². The van der Waals surface area contributed by atoms with Crippen molar-refractivity contribution in [1.82, 2.24) is 0 Å². The molecule has 1 aromatic rings. The maximum Gasteiger partial charge on any atom is 0.158 e. The van der Waals surface area contributed by atoms with Crippen LogP contribution in [-0.2, 0) is 4.79 Å². The minimum Gasteiger partial charge on any atom is -0.497 e. The Kier molecular flexibility index (Phi) is 4.76. The highest BCUT2D eigenvalue weighted by Gasteiger charge is 2.17. The molecule has 0 atom stereocenters. The van der Waals surface area contributed by atoms with Gasteiger partial charge in [-0.1, -0.05) is 12.1 Å². The minimum atomic E-state index is 0. The lowest BCUT2D eigenvalue weighted by Crippen LogP contribution is -2.08. The first-order valence-electron chi connectivity index (χ1n) is 5.59. The van der Waals surface area contributed by atoms with Crippen molar-refractivity contribution in [3.8, 4) is 5.75 Å². The van der Waals surface area contributed by atoms with Gasteiger partial charge in [-0.3, -0.25) is 4.79 Å². The Morgan fingerprint density at radius 2 is 2.00 bits per heavy atom. The van der Waals surface area contributed by atoms with E-state index in [2.05, 4.69) is 0 Å². The summed E-state index contributed by atoms with van der Waals surface area (Å²) in [4.78, 5) is 11.6. The van der Waals surface area contributed by atoms with Gasteiger partial charge in [0, 0.05) is 6.42 Å². The minimum absolute atomic E-state index is 0. The van der Waals surface area contributed by atoms with E-state index >= 15 is 0 Å². The van der Waals surface area contributed by atoms with Crippen LogP contribution in [0.5, 0.6) is 5.75 Å². The summed E-state index contributed by atoms with van der Waals surface area (Å²) in [5.74, 6) is 1.12. The molecular weight excluding hydrogens is 236 g/mol. The van der Waals surface area contributed by atoms with Gasteiger partial charge in [-0.15, -0.1) is 12.4 Å². The Morgan fingerprint density at radius 3 is 2.71 bits per heavy atom. The van der Waals surface area contributed by atoms with Crippen LogP contribution in [-0.4, -0.2) is 12.9 Å². The van der Waals surface area contributed by atoms with Gasteiger partial charge < -0.3 is 4.74 Å². The van der Waals surface area contributed by atoms with Crippen LogP contribution in [0, 0.1) is 0 Å². The maximum absolute atomic E-state index is 11.6. The van der Waals surface area contributed by atoms with Crippen LogP contribution >= 0.6 is 12.4 Å². The van der Waals surface area contributed by atoms with E-state index in [1.165, 1.54) is 5.57 Å². The molecule has 0 saturated carbocycles. The van der Waals surface area contributed by atoms with Crippen LogP contribution in [0.15, 0.2) is 29.8 Å². The molecule has 0 spiro atoms. The third kappa shape index (κ3) is 2.89. The molecule has 92 valence electrons. The average molecular weight is 253 g/mol. The van der Waals surface area contributed by atoms with Gasteiger partial charge >= 0.3 is 0 Å². The van der Waals surface area contributed by atoms with E-state index in [0.29, 0.717) is 6.42 Å². The van der Waals surface area contributed by atoms with Crippen molar-refractivity contribution in [3.05, 3.63) is 35.4 Å². The van der Waals surface area contributed by atoms with E-state index in [1.54, 1.807) is 7.11 Å². The third-order valence-electron chi connectivity index (χ3n) is 3.12. The number of methoxy groups -OCH3 is 1. The Balaban J connectivity index is 0.00000144. The highest BCUT2D eigenvalue weighted by molar-refractivity contribution is 6.03. The van der Waals surface area contributed by atoms with Gasteiger partial charge in [0.05, 0.1) is 7.11 Å². The van der Waals surface area contributed by atoms with E-state index in [-0.39, 0.29) is 18.2 Å². The highest BCUT2D eigenvalue weighted by Crippen LogP contribution is 2.31. The number of carbonyl (C=O) groups is 1. The van der Waals surface area contributed by atoms with Gasteiger partial charge in [0.1, 0.15) is 5.75 Å². The van der Waals surface area contributed by atoms with E-state index in [9.17, 15) is 4.79 Å². The number of Topliss-reactive ketones (excluding diaryl/α,β-unsaturated/α-hetero) is 1. The van der Waals surface area contributed by atoms with Gasteiger partial charge in [-0.2, -0.15) is 0 Å². The zero-order valence-electron chi connectivity index (χ0n) is 10.2. The summed E-state index contributed by atoms with van der Waals surface area (Å²) >= 11 is 0. The average Bonchev–Trinajstić information content (AvgIpc) is 2.33. The number of hydrogen-bond acceptors (Lipinski definition) is 2. The van der Waals surface area contributed by atoms with Crippen molar-refractivity contribution in [3.63, 3.8) is 0 Å². The molecule has 0 heterocycles. The number of benzene rings is 1. The molecule has 0 bridgehead atoms. The van der Waals surface area contributed by atoms with E-state index in [4.69, 9.17) is 4.74 Å². The van der Waals surface area contributed by atoms with Crippen molar-refractivity contribution >= 4 is 23.8 Å². The summed E-state index contributed by atoms with van der Waals surface area (Å²) < 4.78 is 5.20. The van der Waals surface area contributed by atoms with Crippen LogP contribution in [0.4, 0.5) is 0 Å². The fourth-order valence-electron chi connectivity index (χ4n) is 2.14. The van der Waals surface area contributed by atoms with E-state index in [1.807, 2.05) is 31.2 Å². The molecule has 1 aromatic carbocycles. The zero-order valence-corrected chi connectivity index (χ0v) is 11.0. The molecule has 2 nitrogen and oxygen atoms in total. The molecule has 0 saturated heterocycles. The number of hydrogen-bond donors (Lipinski definition) is 0. The third-order valence-corrected chi connectivity index (χ3v) is 3.12. The predicted molar refractivity (Wildman–Crippen MR) is 71.7 cm³/mol. The summed E-state index contributed by atoms with van der Waals surface area (Å²) in [5.41, 5.74) is 3.21.